The van der Waals surface area contributed by atoms with Gasteiger partial charge in [0.15, 0.2) is 0 Å². The molecule has 2 aromatic rings. The Hall–Kier alpha value is -0.810. The van der Waals surface area contributed by atoms with Crippen LogP contribution in [-0.2, 0) is 6.54 Å². The summed E-state index contributed by atoms with van der Waals surface area (Å²) >= 11 is 1.61. The molecule has 0 atom stereocenters. The summed E-state index contributed by atoms with van der Waals surface area (Å²) < 4.78 is 5.16. The molecule has 6 heteroatoms. The molecule has 1 heterocycles. The quantitative estimate of drug-likeness (QED) is 0.946. The van der Waals surface area contributed by atoms with Gasteiger partial charge in [0.1, 0.15) is 10.8 Å². The average Bonchev–Trinajstić information content (AvgIpc) is 2.78. The number of benzene rings is 1. The van der Waals surface area contributed by atoms with Crippen molar-refractivity contribution in [1.29, 1.82) is 0 Å². The second-order valence-electron chi connectivity index (χ2n) is 3.07. The molecule has 2 rings (SSSR count). The lowest BCUT2D eigenvalue weighted by Crippen LogP contribution is -1.91. The molecule has 1 aromatic heterocycles. The van der Waals surface area contributed by atoms with E-state index in [0.29, 0.717) is 6.54 Å². The number of nitrogens with two attached hydrogens (primary N) is 1. The molecule has 0 radical (unpaired) electrons. The van der Waals surface area contributed by atoms with E-state index in [2.05, 4.69) is 4.98 Å². The summed E-state index contributed by atoms with van der Waals surface area (Å²) in [4.78, 5) is 5.41. The topological polar surface area (TPSA) is 48.1 Å². The summed E-state index contributed by atoms with van der Waals surface area (Å²) in [6, 6.07) is 7.86. The van der Waals surface area contributed by atoms with E-state index in [0.717, 1.165) is 21.2 Å². The molecule has 0 unspecified atom stereocenters. The number of hydrogen-bond donors (Lipinski definition) is 1. The van der Waals surface area contributed by atoms with Crippen molar-refractivity contribution in [2.75, 3.05) is 7.11 Å². The highest BCUT2D eigenvalue weighted by molar-refractivity contribution is 7.15. The number of rotatable bonds is 3. The fourth-order valence-electron chi connectivity index (χ4n) is 1.29. The van der Waals surface area contributed by atoms with Crippen molar-refractivity contribution < 1.29 is 4.74 Å². The summed E-state index contributed by atoms with van der Waals surface area (Å²) in [6.07, 6.45) is 1.82. The Morgan fingerprint density at radius 3 is 2.71 bits per heavy atom. The fraction of sp³-hybridized carbons (Fsp3) is 0.182. The molecule has 3 nitrogen and oxygen atoms in total. The van der Waals surface area contributed by atoms with Crippen molar-refractivity contribution >= 4 is 36.2 Å². The zero-order valence-corrected chi connectivity index (χ0v) is 11.7. The van der Waals surface area contributed by atoms with Crippen molar-refractivity contribution in [3.8, 4) is 16.3 Å². The summed E-state index contributed by atoms with van der Waals surface area (Å²) in [5.74, 6) is 0.844. The predicted octanol–water partition coefficient (Wildman–Crippen LogP) is 3.12. The minimum absolute atomic E-state index is 0. The Morgan fingerprint density at radius 2 is 2.12 bits per heavy atom. The molecule has 0 fully saturated rings. The van der Waals surface area contributed by atoms with Crippen molar-refractivity contribution in [2.45, 2.75) is 6.54 Å². The molecule has 0 spiro atoms. The molecule has 2 N–H and O–H groups in total. The second kappa shape index (κ2) is 7.50. The summed E-state index contributed by atoms with van der Waals surface area (Å²) in [5.41, 5.74) is 6.61. The molecule has 0 saturated carbocycles. The Kier molecular flexibility index (Phi) is 7.15. The number of hydrogen-bond acceptors (Lipinski definition) is 4. The Labute approximate surface area is 117 Å². The first-order valence-electron chi connectivity index (χ1n) is 4.62. The predicted molar refractivity (Wildman–Crippen MR) is 76.5 cm³/mol. The van der Waals surface area contributed by atoms with Gasteiger partial charge in [-0.3, -0.25) is 0 Å². The van der Waals surface area contributed by atoms with Crippen LogP contribution in [0.15, 0.2) is 30.5 Å². The van der Waals surface area contributed by atoms with E-state index < -0.39 is 0 Å². The first-order valence-corrected chi connectivity index (χ1v) is 5.44. The van der Waals surface area contributed by atoms with E-state index >= 15 is 0 Å². The SMILES string of the molecule is COc1cccc(-c2ncc(CN)s2)c1.Cl.Cl. The Balaban J connectivity index is 0.00000128. The maximum Gasteiger partial charge on any atom is 0.123 e. The Bertz CT molecular complexity index is 462. The van der Waals surface area contributed by atoms with Crippen LogP contribution in [0.5, 0.6) is 5.75 Å². The van der Waals surface area contributed by atoms with Crippen molar-refractivity contribution in [3.63, 3.8) is 0 Å². The standard InChI is InChI=1S/C11H12N2OS.2ClH/c1-14-9-4-2-3-8(5-9)11-13-7-10(6-12)15-11;;/h2-5,7H,6,12H2,1H3;2*1H. The van der Waals surface area contributed by atoms with Gasteiger partial charge in [0, 0.05) is 23.2 Å². The molecule has 0 aliphatic rings. The zero-order chi connectivity index (χ0) is 10.7. The van der Waals surface area contributed by atoms with Crippen LogP contribution >= 0.6 is 36.2 Å². The maximum absolute atomic E-state index is 5.54. The molecule has 17 heavy (non-hydrogen) atoms. The van der Waals surface area contributed by atoms with Crippen LogP contribution in [0, 0.1) is 0 Å². The lowest BCUT2D eigenvalue weighted by molar-refractivity contribution is 0.415. The molecule has 0 amide bonds. The molecule has 0 aliphatic carbocycles. The molecule has 0 aliphatic heterocycles. The third-order valence-electron chi connectivity index (χ3n) is 2.07. The van der Waals surface area contributed by atoms with Crippen LogP contribution in [0.4, 0.5) is 0 Å². The van der Waals surface area contributed by atoms with Crippen LogP contribution in [0.3, 0.4) is 0 Å². The second-order valence-corrected chi connectivity index (χ2v) is 4.18. The smallest absolute Gasteiger partial charge is 0.123 e. The molecule has 94 valence electrons. The first-order chi connectivity index (χ1) is 7.33. The van der Waals surface area contributed by atoms with E-state index in [4.69, 9.17) is 10.5 Å². The number of methoxy groups -OCH3 is 1. The third kappa shape index (κ3) is 3.85. The molecule has 1 aromatic carbocycles. The average molecular weight is 293 g/mol. The number of ether oxygens (including phenoxy) is 1. The van der Waals surface area contributed by atoms with Crippen LogP contribution in [-0.4, -0.2) is 12.1 Å². The number of nitrogens with zero attached hydrogens (tertiary/aromatic N) is 1. The van der Waals surface area contributed by atoms with Crippen LogP contribution in [0.25, 0.3) is 10.6 Å². The fourth-order valence-corrected chi connectivity index (χ4v) is 2.08. The largest absolute Gasteiger partial charge is 0.497 e. The number of halogens is 2. The first kappa shape index (κ1) is 16.2. The van der Waals surface area contributed by atoms with E-state index in [1.807, 2.05) is 30.5 Å². The van der Waals surface area contributed by atoms with Crippen molar-refractivity contribution in [2.24, 2.45) is 5.73 Å². The van der Waals surface area contributed by atoms with E-state index in [1.165, 1.54) is 0 Å². The maximum atomic E-state index is 5.54. The minimum Gasteiger partial charge on any atom is -0.497 e. The molecular formula is C11H14Cl2N2OS. The van der Waals surface area contributed by atoms with Gasteiger partial charge in [-0.05, 0) is 12.1 Å². The molecule has 0 bridgehead atoms. The van der Waals surface area contributed by atoms with Gasteiger partial charge in [-0.1, -0.05) is 12.1 Å². The third-order valence-corrected chi connectivity index (χ3v) is 3.14. The van der Waals surface area contributed by atoms with Gasteiger partial charge >= 0.3 is 0 Å². The molecule has 0 saturated heterocycles. The zero-order valence-electron chi connectivity index (χ0n) is 9.25. The summed E-state index contributed by atoms with van der Waals surface area (Å²) in [7, 11) is 1.66. The van der Waals surface area contributed by atoms with E-state index in [1.54, 1.807) is 18.4 Å². The van der Waals surface area contributed by atoms with Crippen LogP contribution in [0.1, 0.15) is 4.88 Å². The highest BCUT2D eigenvalue weighted by atomic mass is 35.5. The highest BCUT2D eigenvalue weighted by Crippen LogP contribution is 2.27. The number of thiazole rings is 1. The van der Waals surface area contributed by atoms with Gasteiger partial charge in [-0.15, -0.1) is 36.2 Å². The summed E-state index contributed by atoms with van der Waals surface area (Å²) in [5, 5.41) is 0.981. The van der Waals surface area contributed by atoms with Gasteiger partial charge < -0.3 is 10.5 Å². The summed E-state index contributed by atoms with van der Waals surface area (Å²) in [6.45, 7) is 0.543. The van der Waals surface area contributed by atoms with E-state index in [9.17, 15) is 0 Å². The van der Waals surface area contributed by atoms with Crippen molar-refractivity contribution in [1.82, 2.24) is 4.98 Å². The van der Waals surface area contributed by atoms with Gasteiger partial charge in [-0.2, -0.15) is 0 Å². The normalized spacial score (nSPS) is 9.06. The lowest BCUT2D eigenvalue weighted by atomic mass is 10.2. The van der Waals surface area contributed by atoms with Gasteiger partial charge in [0.25, 0.3) is 0 Å². The lowest BCUT2D eigenvalue weighted by Gasteiger charge is -2.00. The van der Waals surface area contributed by atoms with Gasteiger partial charge in [0.2, 0.25) is 0 Å². The van der Waals surface area contributed by atoms with Crippen LogP contribution in [0.2, 0.25) is 0 Å². The Morgan fingerprint density at radius 1 is 1.35 bits per heavy atom. The monoisotopic (exact) mass is 292 g/mol. The highest BCUT2D eigenvalue weighted by Gasteiger charge is 2.04. The van der Waals surface area contributed by atoms with Crippen LogP contribution < -0.4 is 10.5 Å². The van der Waals surface area contributed by atoms with Gasteiger partial charge in [-0.25, -0.2) is 4.98 Å². The van der Waals surface area contributed by atoms with E-state index in [-0.39, 0.29) is 24.8 Å². The van der Waals surface area contributed by atoms with Crippen molar-refractivity contribution in [3.05, 3.63) is 35.3 Å². The van der Waals surface area contributed by atoms with Gasteiger partial charge in [0.05, 0.1) is 7.11 Å². The minimum atomic E-state index is 0. The molecular weight excluding hydrogens is 279 g/mol. The number of aromatic nitrogens is 1.